The minimum Gasteiger partial charge on any atom is -0.457 e. The third kappa shape index (κ3) is 17.8. The Bertz CT molecular complexity index is 5370. The molecule has 608 valence electrons. The number of pyridine rings is 2. The molecule has 9 aromatic carbocycles. The van der Waals surface area contributed by atoms with Crippen molar-refractivity contribution in [1.82, 2.24) is 40.2 Å². The fourth-order valence-electron chi connectivity index (χ4n) is 15.8. The van der Waals surface area contributed by atoms with Gasteiger partial charge in [0, 0.05) is 107 Å². The molecule has 118 heavy (non-hydrogen) atoms. The number of hydrogen-bond acceptors (Lipinski definition) is 14. The maximum absolute atomic E-state index is 16.6. The molecule has 28 heteroatoms. The van der Waals surface area contributed by atoms with Crippen LogP contribution < -0.4 is 29.6 Å². The molecule has 11 aromatic rings. The average molecular weight is 1650 g/mol. The summed E-state index contributed by atoms with van der Waals surface area (Å²) < 4.78 is 124. The molecule has 2 unspecified atom stereocenters. The Balaban J connectivity index is 1.15. The Morgan fingerprint density at radius 1 is 0.381 bits per heavy atom. The van der Waals surface area contributed by atoms with E-state index in [1.54, 1.807) is 142 Å². The van der Waals surface area contributed by atoms with E-state index in [0.29, 0.717) is 55.6 Å². The quantitative estimate of drug-likeness (QED) is 0.0153. The van der Waals surface area contributed by atoms with Crippen LogP contribution in [0.15, 0.2) is 157 Å². The smallest absolute Gasteiger partial charge is 0.391 e. The van der Waals surface area contributed by atoms with E-state index in [-0.39, 0.29) is 125 Å². The molecule has 0 fully saturated rings. The van der Waals surface area contributed by atoms with Crippen LogP contribution in [0.3, 0.4) is 0 Å². The molecule has 0 bridgehead atoms. The predicted octanol–water partition coefficient (Wildman–Crippen LogP) is 18.5. The van der Waals surface area contributed by atoms with Gasteiger partial charge in [-0.3, -0.25) is 58.1 Å². The Morgan fingerprint density at radius 3 is 0.881 bits per heavy atom. The summed E-state index contributed by atoms with van der Waals surface area (Å²) in [5, 5.41) is 3.18. The molecule has 0 aliphatic carbocycles. The largest absolute Gasteiger partial charge is 0.457 e. The SMILES string of the molecule is C=C(Cl)C(=O)NCCN(CCc1cncc(C)c1)C(=O)C(CC(F)(F)F)N1C(=O)c2cc(Oc3cc(C)cc(C)c3)c3c4c(Oc5cc(C)cc(C)c5)cc5c6c(cc(Oc7cc(C)cc(C)c7)c(c7c(Oc8cc(C)cc(C)c8)cc(c2c37)C1=O)c64)C(=O)N(C(CC(F)(F)F)C(=O)N(CCNC(=O)C(=C)Cl)CCc1cncc(C)c1)C5=O. The number of halogens is 8. The summed E-state index contributed by atoms with van der Waals surface area (Å²) in [6.45, 7) is 22.2. The molecule has 2 aliphatic heterocycles. The first-order valence-electron chi connectivity index (χ1n) is 37.7. The fraction of sp³-hybridized carbons (Fsp3) is 0.267. The molecule has 13 rings (SSSR count). The van der Waals surface area contributed by atoms with Crippen LogP contribution in [0.5, 0.6) is 46.0 Å². The normalized spacial score (nSPS) is 13.3. The number of rotatable bonds is 28. The number of carbonyl (C=O) groups is 8. The molecule has 0 radical (unpaired) electrons. The van der Waals surface area contributed by atoms with E-state index in [9.17, 15) is 9.59 Å². The Morgan fingerprint density at radius 2 is 0.644 bits per heavy atom. The van der Waals surface area contributed by atoms with Gasteiger partial charge in [-0.25, -0.2) is 0 Å². The number of ether oxygens (including phenoxy) is 4. The maximum Gasteiger partial charge on any atom is 0.391 e. The van der Waals surface area contributed by atoms with Crippen molar-refractivity contribution in [3.63, 3.8) is 0 Å². The highest BCUT2D eigenvalue weighted by Crippen LogP contribution is 2.59. The van der Waals surface area contributed by atoms with E-state index in [0.717, 1.165) is 20.9 Å². The van der Waals surface area contributed by atoms with Gasteiger partial charge in [0.25, 0.3) is 35.4 Å². The molecule has 20 nitrogen and oxygen atoms in total. The second-order valence-corrected chi connectivity index (χ2v) is 31.1. The lowest BCUT2D eigenvalue weighted by molar-refractivity contribution is -0.158. The highest BCUT2D eigenvalue weighted by Gasteiger charge is 2.51. The van der Waals surface area contributed by atoms with Gasteiger partial charge in [0.1, 0.15) is 58.1 Å². The molecular formula is C90H80Cl2F6N8O12. The van der Waals surface area contributed by atoms with Gasteiger partial charge in [-0.05, 0) is 222 Å². The third-order valence-corrected chi connectivity index (χ3v) is 20.7. The summed E-state index contributed by atoms with van der Waals surface area (Å²) in [5.41, 5.74) is 5.87. The molecule has 2 N–H and O–H groups in total. The van der Waals surface area contributed by atoms with Crippen molar-refractivity contribution < 1.29 is 83.6 Å². The lowest BCUT2D eigenvalue weighted by Gasteiger charge is -2.38. The van der Waals surface area contributed by atoms with Gasteiger partial charge < -0.3 is 39.4 Å². The number of imide groups is 2. The van der Waals surface area contributed by atoms with E-state index in [4.69, 9.17) is 42.1 Å². The molecule has 0 saturated heterocycles. The zero-order valence-corrected chi connectivity index (χ0v) is 67.5. The van der Waals surface area contributed by atoms with Crippen LogP contribution >= 0.6 is 23.2 Å². The van der Waals surface area contributed by atoms with Crippen LogP contribution in [-0.4, -0.2) is 141 Å². The van der Waals surface area contributed by atoms with Gasteiger partial charge in [-0.2, -0.15) is 26.3 Å². The number of aromatic nitrogens is 2. The minimum atomic E-state index is -5.28. The van der Waals surface area contributed by atoms with Crippen molar-refractivity contribution in [1.29, 1.82) is 0 Å². The van der Waals surface area contributed by atoms with Crippen molar-refractivity contribution in [2.24, 2.45) is 0 Å². The highest BCUT2D eigenvalue weighted by molar-refractivity contribution is 6.45. The van der Waals surface area contributed by atoms with Crippen molar-refractivity contribution >= 4 is 114 Å². The first kappa shape index (κ1) is 83.5. The molecule has 2 atom stereocenters. The third-order valence-electron chi connectivity index (χ3n) is 20.4. The van der Waals surface area contributed by atoms with Crippen molar-refractivity contribution in [3.8, 4) is 46.0 Å². The number of hydrogen-bond donors (Lipinski definition) is 2. The molecule has 2 aliphatic rings. The second kappa shape index (κ2) is 33.3. The van der Waals surface area contributed by atoms with Gasteiger partial charge in [0.05, 0.1) is 45.2 Å². The van der Waals surface area contributed by atoms with Crippen LogP contribution in [0, 0.1) is 69.2 Å². The number of nitrogens with one attached hydrogen (secondary N) is 2. The van der Waals surface area contributed by atoms with Gasteiger partial charge in [0.2, 0.25) is 11.8 Å². The molecular weight excluding hydrogens is 1570 g/mol. The molecule has 0 saturated carbocycles. The predicted molar refractivity (Wildman–Crippen MR) is 436 cm³/mol. The standard InChI is InChI=1S/C90H80Cl2F6N8O12/c1-45-21-46(2)28-59(27-45)115-69-35-63-73-64(84(110)105(83(63)109)67(39-89(93,94)95)87(113)103(19-15-101-81(107)55(11)91)17-13-57-25-53(9)41-99-43-57)37-71(117-61-31-49(5)23-50(6)32-61)77-78-72(118-62-33-51(7)24-52(8)34-62)38-66-74-65(36-70(76(80(74)78)75(69)79(73)77)116-60-29-47(3)22-48(4)30-60)85(111)106(86(66)112)68(40-90(96,97)98)88(114)104(20-16-102-82(108)56(12)92)18-14-58-26-54(10)42-100-44-58/h21-38,41-44,67-68H,11-20,39-40H2,1-10H3,(H,101,107)(H,102,108). The Labute approximate surface area is 684 Å². The minimum absolute atomic E-state index is 0.00732. The molecule has 2 aromatic heterocycles. The number of alkyl halides is 6. The zero-order chi connectivity index (χ0) is 85.0. The number of aryl methyl sites for hydroxylation is 10. The van der Waals surface area contributed by atoms with E-state index in [2.05, 4.69) is 33.8 Å². The van der Waals surface area contributed by atoms with Crippen LogP contribution in [0.1, 0.15) is 121 Å². The maximum atomic E-state index is 16.6. The Hall–Kier alpha value is -12.4. The Kier molecular flexibility index (Phi) is 23.6. The highest BCUT2D eigenvalue weighted by atomic mass is 35.5. The van der Waals surface area contributed by atoms with Gasteiger partial charge >= 0.3 is 12.4 Å². The number of carbonyl (C=O) groups excluding carboxylic acids is 8. The summed E-state index contributed by atoms with van der Waals surface area (Å²) in [6, 6.07) is 23.5. The van der Waals surface area contributed by atoms with Crippen molar-refractivity contribution in [2.45, 2.75) is 119 Å². The van der Waals surface area contributed by atoms with Gasteiger partial charge in [-0.1, -0.05) is 72.8 Å². The molecule has 8 amide bonds. The summed E-state index contributed by atoms with van der Waals surface area (Å²) >= 11 is 11.9. The lowest BCUT2D eigenvalue weighted by atomic mass is 9.80. The summed E-state index contributed by atoms with van der Waals surface area (Å²) in [6.07, 6.45) is -8.61. The number of benzene rings is 9. The van der Waals surface area contributed by atoms with Crippen molar-refractivity contribution in [2.75, 3.05) is 39.3 Å². The van der Waals surface area contributed by atoms with Gasteiger partial charge in [0.15, 0.2) is 0 Å². The fourth-order valence-corrected chi connectivity index (χ4v) is 16.0. The van der Waals surface area contributed by atoms with Crippen LogP contribution in [0.25, 0.3) is 43.1 Å². The molecule has 0 spiro atoms. The van der Waals surface area contributed by atoms with Crippen molar-refractivity contribution in [3.05, 3.63) is 246 Å². The van der Waals surface area contributed by atoms with Crippen LogP contribution in [-0.2, 0) is 32.0 Å². The number of nitrogens with zero attached hydrogens (tertiary/aromatic N) is 6. The summed E-state index contributed by atoms with van der Waals surface area (Å²) in [4.78, 5) is 134. The zero-order valence-electron chi connectivity index (χ0n) is 65.9. The monoisotopic (exact) mass is 1650 g/mol. The summed E-state index contributed by atoms with van der Waals surface area (Å²) in [5.74, 6) is -10.8. The van der Waals surface area contributed by atoms with E-state index >= 15 is 55.1 Å². The van der Waals surface area contributed by atoms with E-state index in [1.165, 1.54) is 36.7 Å². The van der Waals surface area contributed by atoms with E-state index in [1.807, 2.05) is 24.3 Å². The summed E-state index contributed by atoms with van der Waals surface area (Å²) in [7, 11) is 0. The second-order valence-electron chi connectivity index (χ2n) is 30.2. The lowest BCUT2D eigenvalue weighted by Crippen LogP contribution is -2.57. The first-order chi connectivity index (χ1) is 55.8. The van der Waals surface area contributed by atoms with Gasteiger partial charge in [-0.15, -0.1) is 0 Å². The van der Waals surface area contributed by atoms with E-state index < -0.39 is 143 Å². The first-order valence-corrected chi connectivity index (χ1v) is 38.5. The average Bonchev–Trinajstić information content (AvgIpc) is 0.669. The molecule has 4 heterocycles. The number of fused-ring (bicyclic) bond motifs is 2. The van der Waals surface area contributed by atoms with Crippen LogP contribution in [0.2, 0.25) is 0 Å². The topological polar surface area (TPSA) is 236 Å². The van der Waals surface area contributed by atoms with Crippen LogP contribution in [0.4, 0.5) is 26.3 Å². The number of amides is 8.